The van der Waals surface area contributed by atoms with Crippen molar-refractivity contribution in [3.63, 3.8) is 0 Å². The van der Waals surface area contributed by atoms with E-state index in [-0.39, 0.29) is 11.1 Å². The summed E-state index contributed by atoms with van der Waals surface area (Å²) in [6, 6.07) is 13.6. The van der Waals surface area contributed by atoms with Crippen LogP contribution in [0.5, 0.6) is 0 Å². The lowest BCUT2D eigenvalue weighted by atomic mass is 9.89. The van der Waals surface area contributed by atoms with E-state index in [1.165, 1.54) is 48.5 Å². The maximum Gasteiger partial charge on any atom is 0.309 e. The van der Waals surface area contributed by atoms with Gasteiger partial charge in [-0.1, -0.05) is 60.7 Å². The molecular weight excluding hydrogens is 336 g/mol. The maximum absolute atomic E-state index is 14.4. The number of ether oxygens (including phenoxy) is 1. The van der Waals surface area contributed by atoms with E-state index in [9.17, 15) is 22.4 Å². The van der Waals surface area contributed by atoms with Crippen LogP contribution in [0.4, 0.5) is 17.6 Å². The van der Waals surface area contributed by atoms with Crippen molar-refractivity contribution in [2.45, 2.75) is 24.7 Å². The first-order valence-electron chi connectivity index (χ1n) is 7.71. The van der Waals surface area contributed by atoms with E-state index >= 15 is 0 Å². The number of hydrogen-bond donors (Lipinski definition) is 0. The normalized spacial score (nSPS) is 12.2. The largest absolute Gasteiger partial charge is 0.469 e. The molecule has 0 aliphatic heterocycles. The highest BCUT2D eigenvalue weighted by molar-refractivity contribution is 5.72. The van der Waals surface area contributed by atoms with Crippen molar-refractivity contribution in [3.05, 3.63) is 71.8 Å². The van der Waals surface area contributed by atoms with Crippen LogP contribution in [0.25, 0.3) is 0 Å². The van der Waals surface area contributed by atoms with Gasteiger partial charge in [0.1, 0.15) is 0 Å². The highest BCUT2D eigenvalue weighted by Gasteiger charge is 2.43. The van der Waals surface area contributed by atoms with E-state index in [0.29, 0.717) is 0 Å². The molecule has 0 saturated heterocycles. The van der Waals surface area contributed by atoms with Gasteiger partial charge in [0.15, 0.2) is 0 Å². The van der Waals surface area contributed by atoms with Gasteiger partial charge >= 0.3 is 5.97 Å². The first-order valence-corrected chi connectivity index (χ1v) is 7.71. The van der Waals surface area contributed by atoms with Gasteiger partial charge in [0.25, 0.3) is 11.8 Å². The molecule has 0 radical (unpaired) electrons. The number of carbonyl (C=O) groups excluding carboxylic acids is 1. The van der Waals surface area contributed by atoms with E-state index in [1.807, 2.05) is 0 Å². The summed E-state index contributed by atoms with van der Waals surface area (Å²) < 4.78 is 62.2. The van der Waals surface area contributed by atoms with E-state index in [4.69, 9.17) is 0 Å². The lowest BCUT2D eigenvalue weighted by Crippen LogP contribution is -2.30. The number of esters is 1. The molecule has 0 saturated carbocycles. The quantitative estimate of drug-likeness (QED) is 0.508. The molecule has 2 rings (SSSR count). The smallest absolute Gasteiger partial charge is 0.309 e. The summed E-state index contributed by atoms with van der Waals surface area (Å²) in [6.45, 7) is 0. The molecule has 0 N–H and O–H groups in total. The third kappa shape index (κ3) is 4.81. The van der Waals surface area contributed by atoms with Crippen molar-refractivity contribution >= 4 is 5.97 Å². The molecule has 2 aromatic carbocycles. The fourth-order valence-corrected chi connectivity index (χ4v) is 2.62. The van der Waals surface area contributed by atoms with Gasteiger partial charge < -0.3 is 4.74 Å². The van der Waals surface area contributed by atoms with Gasteiger partial charge in [-0.05, 0) is 0 Å². The van der Waals surface area contributed by atoms with Crippen molar-refractivity contribution in [1.29, 1.82) is 0 Å². The van der Waals surface area contributed by atoms with Crippen LogP contribution in [0.3, 0.4) is 0 Å². The molecule has 0 spiro atoms. The third-order valence-electron chi connectivity index (χ3n) is 3.93. The molecule has 0 aliphatic rings. The van der Waals surface area contributed by atoms with E-state index < -0.39 is 36.6 Å². The Morgan fingerprint density at radius 3 is 1.52 bits per heavy atom. The van der Waals surface area contributed by atoms with Crippen molar-refractivity contribution in [2.75, 3.05) is 7.11 Å². The molecule has 2 nitrogen and oxygen atoms in total. The van der Waals surface area contributed by atoms with Crippen LogP contribution < -0.4 is 0 Å². The Kier molecular flexibility index (Phi) is 5.82. The Morgan fingerprint density at radius 1 is 0.840 bits per heavy atom. The minimum absolute atomic E-state index is 0.327. The standard InChI is InChI=1S/C19H18F4O2/c1-25-17(24)14(12-18(20,21)15-8-4-2-5-9-15)13-19(22,23)16-10-6-3-7-11-16/h2-11,14H,12-13H2,1H3. The molecule has 6 heteroatoms. The lowest BCUT2D eigenvalue weighted by Gasteiger charge is -2.26. The third-order valence-corrected chi connectivity index (χ3v) is 3.93. The Morgan fingerprint density at radius 2 is 1.20 bits per heavy atom. The van der Waals surface area contributed by atoms with E-state index in [2.05, 4.69) is 4.74 Å². The van der Waals surface area contributed by atoms with Crippen LogP contribution in [0.2, 0.25) is 0 Å². The molecule has 0 amide bonds. The summed E-state index contributed by atoms with van der Waals surface area (Å²) in [5, 5.41) is 0. The fourth-order valence-electron chi connectivity index (χ4n) is 2.62. The van der Waals surface area contributed by atoms with Crippen molar-refractivity contribution in [1.82, 2.24) is 0 Å². The minimum Gasteiger partial charge on any atom is -0.469 e. The van der Waals surface area contributed by atoms with Crippen LogP contribution >= 0.6 is 0 Å². The van der Waals surface area contributed by atoms with Crippen molar-refractivity contribution in [2.24, 2.45) is 5.92 Å². The SMILES string of the molecule is COC(=O)C(CC(F)(F)c1ccccc1)CC(F)(F)c1ccccc1. The molecule has 2 aromatic rings. The zero-order chi connectivity index (χ0) is 18.5. The van der Waals surface area contributed by atoms with Crippen molar-refractivity contribution < 1.29 is 27.1 Å². The van der Waals surface area contributed by atoms with Gasteiger partial charge in [-0.15, -0.1) is 0 Å². The van der Waals surface area contributed by atoms with Crippen LogP contribution in [-0.4, -0.2) is 13.1 Å². The number of alkyl halides is 4. The number of halogens is 4. The molecule has 0 aliphatic carbocycles. The molecule has 0 atom stereocenters. The summed E-state index contributed by atoms with van der Waals surface area (Å²) in [5.41, 5.74) is -0.654. The number of rotatable bonds is 7. The topological polar surface area (TPSA) is 26.3 Å². The van der Waals surface area contributed by atoms with Gasteiger partial charge in [-0.2, -0.15) is 0 Å². The van der Waals surface area contributed by atoms with Gasteiger partial charge in [-0.3, -0.25) is 4.79 Å². The number of methoxy groups -OCH3 is 1. The predicted octanol–water partition coefficient (Wildman–Crippen LogP) is 5.14. The highest BCUT2D eigenvalue weighted by Crippen LogP contribution is 2.41. The second-order valence-electron chi connectivity index (χ2n) is 5.77. The molecule has 25 heavy (non-hydrogen) atoms. The monoisotopic (exact) mass is 354 g/mol. The summed E-state index contributed by atoms with van der Waals surface area (Å²) in [5.74, 6) is -9.57. The van der Waals surface area contributed by atoms with Gasteiger partial charge in [0.2, 0.25) is 0 Å². The number of hydrogen-bond acceptors (Lipinski definition) is 2. The van der Waals surface area contributed by atoms with Gasteiger partial charge in [-0.25, -0.2) is 17.6 Å². The van der Waals surface area contributed by atoms with Crippen LogP contribution in [0.15, 0.2) is 60.7 Å². The lowest BCUT2D eigenvalue weighted by molar-refractivity contribution is -0.155. The molecule has 0 bridgehead atoms. The molecular formula is C19H18F4O2. The first kappa shape index (κ1) is 19.0. The molecule has 0 fully saturated rings. The Balaban J connectivity index is 2.24. The zero-order valence-electron chi connectivity index (χ0n) is 13.6. The van der Waals surface area contributed by atoms with Crippen LogP contribution in [0, 0.1) is 5.92 Å². The Bertz CT molecular complexity index is 634. The second kappa shape index (κ2) is 7.68. The molecule has 134 valence electrons. The first-order chi connectivity index (χ1) is 11.8. The minimum atomic E-state index is -3.42. The fraction of sp³-hybridized carbons (Fsp3) is 0.316. The summed E-state index contributed by atoms with van der Waals surface area (Å²) in [6.07, 6.45) is -2.10. The molecule has 0 aromatic heterocycles. The van der Waals surface area contributed by atoms with Gasteiger partial charge in [0.05, 0.1) is 13.0 Å². The summed E-state index contributed by atoms with van der Waals surface area (Å²) in [7, 11) is 0.997. The molecule has 0 heterocycles. The Hall–Kier alpha value is -2.37. The van der Waals surface area contributed by atoms with Gasteiger partial charge in [0, 0.05) is 24.0 Å². The average molecular weight is 354 g/mol. The Labute approximate surface area is 143 Å². The van der Waals surface area contributed by atoms with Crippen LogP contribution in [-0.2, 0) is 21.4 Å². The summed E-state index contributed by atoms with van der Waals surface area (Å²) >= 11 is 0. The summed E-state index contributed by atoms with van der Waals surface area (Å²) in [4.78, 5) is 11.8. The van der Waals surface area contributed by atoms with E-state index in [0.717, 1.165) is 7.11 Å². The maximum atomic E-state index is 14.4. The zero-order valence-corrected chi connectivity index (χ0v) is 13.6. The highest BCUT2D eigenvalue weighted by atomic mass is 19.3. The average Bonchev–Trinajstić information content (AvgIpc) is 2.61. The van der Waals surface area contributed by atoms with E-state index in [1.54, 1.807) is 12.1 Å². The second-order valence-corrected chi connectivity index (χ2v) is 5.77. The predicted molar refractivity (Wildman–Crippen MR) is 85.4 cm³/mol. The molecule has 0 unspecified atom stereocenters. The van der Waals surface area contributed by atoms with Crippen LogP contribution in [0.1, 0.15) is 24.0 Å². The van der Waals surface area contributed by atoms with Crippen molar-refractivity contribution in [3.8, 4) is 0 Å². The number of benzene rings is 2. The number of carbonyl (C=O) groups is 1.